The van der Waals surface area contributed by atoms with Gasteiger partial charge in [-0.1, -0.05) is 11.6 Å². The Bertz CT molecular complexity index is 424. The first kappa shape index (κ1) is 18.7. The molecule has 1 aromatic rings. The van der Waals surface area contributed by atoms with E-state index in [-0.39, 0.29) is 23.8 Å². The summed E-state index contributed by atoms with van der Waals surface area (Å²) in [7, 11) is 0. The van der Waals surface area contributed by atoms with Gasteiger partial charge in [-0.25, -0.2) is 0 Å². The molecule has 0 radical (unpaired) electrons. The molecule has 0 saturated heterocycles. The Balaban J connectivity index is 2.20. The molecule has 0 spiro atoms. The topological polar surface area (TPSA) is 49.3 Å². The monoisotopic (exact) mass is 347 g/mol. The molecule has 0 fully saturated rings. The van der Waals surface area contributed by atoms with Gasteiger partial charge in [0.2, 0.25) is 5.91 Å². The van der Waals surface area contributed by atoms with Crippen LogP contribution in [0.5, 0.6) is 0 Å². The van der Waals surface area contributed by atoms with Crippen LogP contribution in [-0.4, -0.2) is 40.9 Å². The van der Waals surface area contributed by atoms with Crippen molar-refractivity contribution in [1.82, 2.24) is 5.32 Å². The van der Waals surface area contributed by atoms with Crippen LogP contribution < -0.4 is 5.32 Å². The molecule has 0 aliphatic carbocycles. The van der Waals surface area contributed by atoms with Crippen LogP contribution in [0.25, 0.3) is 0 Å². The lowest BCUT2D eigenvalue weighted by molar-refractivity contribution is -0.121. The van der Waals surface area contributed by atoms with Crippen LogP contribution in [0, 0.1) is 0 Å². The fraction of sp³-hybridized carbons (Fsp3) is 0.533. The summed E-state index contributed by atoms with van der Waals surface area (Å²) in [5.41, 5.74) is 0. The molecule has 118 valence electrons. The zero-order chi connectivity index (χ0) is 15.7. The molecule has 2 unspecified atom stereocenters. The second kappa shape index (κ2) is 10.4. The van der Waals surface area contributed by atoms with E-state index in [9.17, 15) is 9.90 Å². The van der Waals surface area contributed by atoms with Crippen LogP contribution in [0.2, 0.25) is 5.02 Å². The Morgan fingerprint density at radius 1 is 1.38 bits per heavy atom. The molecule has 0 aliphatic rings. The number of carbonyl (C=O) groups excluding carboxylic acids is 1. The number of rotatable bonds is 9. The highest BCUT2D eigenvalue weighted by molar-refractivity contribution is 7.99. The summed E-state index contributed by atoms with van der Waals surface area (Å²) in [5, 5.41) is 12.9. The zero-order valence-corrected chi connectivity index (χ0v) is 14.7. The minimum atomic E-state index is -0.0126. The van der Waals surface area contributed by atoms with Crippen molar-refractivity contribution < 1.29 is 9.90 Å². The third-order valence-corrected chi connectivity index (χ3v) is 5.57. The first-order valence-electron chi connectivity index (χ1n) is 6.88. The molecule has 6 heteroatoms. The third kappa shape index (κ3) is 7.45. The average Bonchev–Trinajstić information content (AvgIpc) is 2.46. The van der Waals surface area contributed by atoms with Gasteiger partial charge >= 0.3 is 0 Å². The van der Waals surface area contributed by atoms with Crippen LogP contribution in [0.15, 0.2) is 29.2 Å². The molecular weight excluding hydrogens is 326 g/mol. The lowest BCUT2D eigenvalue weighted by Crippen LogP contribution is -2.41. The van der Waals surface area contributed by atoms with Crippen LogP contribution in [-0.2, 0) is 4.79 Å². The summed E-state index contributed by atoms with van der Waals surface area (Å²) in [4.78, 5) is 13.0. The van der Waals surface area contributed by atoms with Gasteiger partial charge in [-0.3, -0.25) is 4.79 Å². The number of benzene rings is 1. The van der Waals surface area contributed by atoms with Crippen LogP contribution >= 0.6 is 35.1 Å². The predicted molar refractivity (Wildman–Crippen MR) is 93.4 cm³/mol. The first-order chi connectivity index (χ1) is 10.1. The molecule has 21 heavy (non-hydrogen) atoms. The lowest BCUT2D eigenvalue weighted by atomic mass is 10.2. The molecule has 0 aromatic heterocycles. The number of aliphatic hydroxyl groups excluding tert-OH is 1. The van der Waals surface area contributed by atoms with Gasteiger partial charge in [0, 0.05) is 27.6 Å². The van der Waals surface area contributed by atoms with E-state index in [1.807, 2.05) is 37.4 Å². The van der Waals surface area contributed by atoms with Gasteiger partial charge in [-0.15, -0.1) is 11.8 Å². The van der Waals surface area contributed by atoms with Crippen molar-refractivity contribution in [3.63, 3.8) is 0 Å². The molecule has 0 aliphatic heterocycles. The van der Waals surface area contributed by atoms with Gasteiger partial charge in [0.05, 0.1) is 6.61 Å². The smallest absolute Gasteiger partial charge is 0.220 e. The molecule has 1 aromatic carbocycles. The number of amides is 1. The maximum Gasteiger partial charge on any atom is 0.220 e. The van der Waals surface area contributed by atoms with E-state index >= 15 is 0 Å². The Morgan fingerprint density at radius 2 is 2.05 bits per heavy atom. The Hall–Kier alpha value is -0.360. The highest BCUT2D eigenvalue weighted by Gasteiger charge is 2.16. The summed E-state index contributed by atoms with van der Waals surface area (Å²) in [5.74, 6) is 0.946. The Kier molecular flexibility index (Phi) is 9.24. The van der Waals surface area contributed by atoms with Crippen molar-refractivity contribution in [2.24, 2.45) is 0 Å². The summed E-state index contributed by atoms with van der Waals surface area (Å²) in [6, 6.07) is 7.70. The number of halogens is 1. The summed E-state index contributed by atoms with van der Waals surface area (Å²) < 4.78 is 0. The van der Waals surface area contributed by atoms with E-state index in [4.69, 9.17) is 11.6 Å². The number of carbonyl (C=O) groups is 1. The minimum absolute atomic E-state index is 0.0126. The van der Waals surface area contributed by atoms with Crippen molar-refractivity contribution in [3.05, 3.63) is 29.3 Å². The van der Waals surface area contributed by atoms with E-state index in [1.54, 1.807) is 23.5 Å². The van der Waals surface area contributed by atoms with E-state index in [2.05, 4.69) is 5.32 Å². The van der Waals surface area contributed by atoms with Gasteiger partial charge in [0.25, 0.3) is 0 Å². The number of aliphatic hydroxyl groups is 1. The summed E-state index contributed by atoms with van der Waals surface area (Å²) in [6.07, 6.45) is 3.28. The van der Waals surface area contributed by atoms with E-state index in [1.165, 1.54) is 0 Å². The fourth-order valence-corrected chi connectivity index (χ4v) is 3.41. The number of thioether (sulfide) groups is 2. The summed E-state index contributed by atoms with van der Waals surface area (Å²) in [6.45, 7) is 2.01. The van der Waals surface area contributed by atoms with Gasteiger partial charge in [0.15, 0.2) is 0 Å². The molecule has 2 N–H and O–H groups in total. The molecule has 3 nitrogen and oxygen atoms in total. The highest BCUT2D eigenvalue weighted by Crippen LogP contribution is 2.21. The van der Waals surface area contributed by atoms with Gasteiger partial charge in [-0.2, -0.15) is 11.8 Å². The third-order valence-electron chi connectivity index (χ3n) is 3.06. The van der Waals surface area contributed by atoms with E-state index in [0.717, 1.165) is 22.1 Å². The van der Waals surface area contributed by atoms with Crippen molar-refractivity contribution in [3.8, 4) is 0 Å². The number of hydrogen-bond donors (Lipinski definition) is 2. The number of hydrogen-bond acceptors (Lipinski definition) is 4. The average molecular weight is 348 g/mol. The van der Waals surface area contributed by atoms with Gasteiger partial charge in [0.1, 0.15) is 0 Å². The van der Waals surface area contributed by atoms with Crippen molar-refractivity contribution >= 4 is 41.0 Å². The Morgan fingerprint density at radius 3 is 2.62 bits per heavy atom. The molecule has 1 amide bonds. The maximum absolute atomic E-state index is 11.8. The van der Waals surface area contributed by atoms with Crippen molar-refractivity contribution in [1.29, 1.82) is 0 Å². The second-order valence-electron chi connectivity index (χ2n) is 4.72. The van der Waals surface area contributed by atoms with Crippen LogP contribution in [0.1, 0.15) is 19.8 Å². The molecule has 2 atom stereocenters. The summed E-state index contributed by atoms with van der Waals surface area (Å²) >= 11 is 9.12. The largest absolute Gasteiger partial charge is 0.395 e. The standard InChI is InChI=1S/C15H22ClNO2S2/c1-11(14(10-18)20-2)17-15(19)4-3-9-21-13-7-5-12(16)6-8-13/h5-8,11,14,18H,3-4,9-10H2,1-2H3,(H,17,19). The van der Waals surface area contributed by atoms with E-state index < -0.39 is 0 Å². The second-order valence-corrected chi connectivity index (χ2v) is 7.40. The van der Waals surface area contributed by atoms with Crippen molar-refractivity contribution in [2.45, 2.75) is 36.0 Å². The molecular formula is C15H22ClNO2S2. The first-order valence-corrected chi connectivity index (χ1v) is 9.53. The normalized spacial score (nSPS) is 13.7. The highest BCUT2D eigenvalue weighted by atomic mass is 35.5. The lowest BCUT2D eigenvalue weighted by Gasteiger charge is -2.21. The van der Waals surface area contributed by atoms with Crippen LogP contribution in [0.3, 0.4) is 0 Å². The molecule has 0 heterocycles. The minimum Gasteiger partial charge on any atom is -0.395 e. The fourth-order valence-electron chi connectivity index (χ4n) is 1.81. The predicted octanol–water partition coefficient (Wildman–Crippen LogP) is 3.44. The molecule has 0 bridgehead atoms. The van der Waals surface area contributed by atoms with E-state index in [0.29, 0.717) is 6.42 Å². The van der Waals surface area contributed by atoms with Crippen molar-refractivity contribution in [2.75, 3.05) is 18.6 Å². The maximum atomic E-state index is 11.8. The van der Waals surface area contributed by atoms with Gasteiger partial charge in [-0.05, 0) is 49.6 Å². The molecule has 0 saturated carbocycles. The van der Waals surface area contributed by atoms with Crippen LogP contribution in [0.4, 0.5) is 0 Å². The Labute approximate surface area is 140 Å². The SMILES string of the molecule is CSC(CO)C(C)NC(=O)CCCSc1ccc(Cl)cc1. The molecule has 1 rings (SSSR count). The number of nitrogens with one attached hydrogen (secondary N) is 1. The zero-order valence-electron chi connectivity index (χ0n) is 12.3. The quantitative estimate of drug-likeness (QED) is 0.530. The van der Waals surface area contributed by atoms with Gasteiger partial charge < -0.3 is 10.4 Å².